The van der Waals surface area contributed by atoms with Gasteiger partial charge in [-0.1, -0.05) is 109 Å². The molecule has 5 aromatic carbocycles. The summed E-state index contributed by atoms with van der Waals surface area (Å²) in [7, 11) is 0. The van der Waals surface area contributed by atoms with E-state index >= 15 is 0 Å². The standard InChI is InChI=1S/C46H28N4S/c1-2-11-31(12-3-1)45-35-23-24-36-43-33(14-10-18-42(43)51-46(36)44(35)34-13-4-5-15-37(34)50-45)30-21-19-29(20-22-30)32-27-40(38-16-6-8-25-47-38)49-41(28-32)39-17-7-9-26-48-39/h1-28H. The fraction of sp³-hybridized carbons (Fsp3) is 0. The van der Waals surface area contributed by atoms with E-state index in [9.17, 15) is 0 Å². The van der Waals surface area contributed by atoms with E-state index in [1.807, 2.05) is 47.7 Å². The normalized spacial score (nSPS) is 11.5. The Morgan fingerprint density at radius 3 is 1.78 bits per heavy atom. The lowest BCUT2D eigenvalue weighted by Crippen LogP contribution is -1.94. The van der Waals surface area contributed by atoms with Crippen molar-refractivity contribution in [1.82, 2.24) is 19.9 Å². The summed E-state index contributed by atoms with van der Waals surface area (Å²) < 4.78 is 2.57. The molecule has 0 saturated carbocycles. The Balaban J connectivity index is 1.13. The molecule has 4 nitrogen and oxygen atoms in total. The third-order valence-corrected chi connectivity index (χ3v) is 10.8. The molecule has 0 amide bonds. The minimum atomic E-state index is 0.817. The largest absolute Gasteiger partial charge is 0.255 e. The van der Waals surface area contributed by atoms with Crippen LogP contribution in [0.15, 0.2) is 170 Å². The van der Waals surface area contributed by atoms with E-state index in [0.29, 0.717) is 0 Å². The van der Waals surface area contributed by atoms with Gasteiger partial charge >= 0.3 is 0 Å². The van der Waals surface area contributed by atoms with Gasteiger partial charge < -0.3 is 0 Å². The summed E-state index contributed by atoms with van der Waals surface area (Å²) in [6.45, 7) is 0. The Morgan fingerprint density at radius 2 is 1.06 bits per heavy atom. The summed E-state index contributed by atoms with van der Waals surface area (Å²) in [6.07, 6.45) is 3.61. The molecule has 5 heterocycles. The van der Waals surface area contributed by atoms with Crippen LogP contribution in [0.3, 0.4) is 0 Å². The maximum atomic E-state index is 5.17. The molecule has 0 aliphatic heterocycles. The number of nitrogens with zero attached hydrogens (tertiary/aromatic N) is 4. The monoisotopic (exact) mass is 668 g/mol. The second-order valence-electron chi connectivity index (χ2n) is 12.6. The van der Waals surface area contributed by atoms with Gasteiger partial charge in [0.2, 0.25) is 0 Å². The van der Waals surface area contributed by atoms with E-state index < -0.39 is 0 Å². The number of benzene rings is 5. The SMILES string of the molecule is c1ccc(-c2nc3ccccc3c3c2ccc2c3sc3cccc(-c4ccc(-c5cc(-c6ccccn6)nc(-c6ccccn6)c5)cc4)c32)cc1. The molecule has 0 saturated heterocycles. The van der Waals surface area contributed by atoms with E-state index in [1.54, 1.807) is 12.4 Å². The first kappa shape index (κ1) is 29.4. The van der Waals surface area contributed by atoms with Crippen molar-refractivity contribution in [2.24, 2.45) is 0 Å². The number of para-hydroxylation sites is 1. The van der Waals surface area contributed by atoms with Crippen molar-refractivity contribution in [2.45, 2.75) is 0 Å². The molecule has 0 radical (unpaired) electrons. The first-order valence-electron chi connectivity index (χ1n) is 17.0. The molecule has 0 fully saturated rings. The van der Waals surface area contributed by atoms with Crippen LogP contribution < -0.4 is 0 Å². The van der Waals surface area contributed by atoms with Gasteiger partial charge in [-0.2, -0.15) is 0 Å². The third-order valence-electron chi connectivity index (χ3n) is 9.58. The van der Waals surface area contributed by atoms with Crippen LogP contribution in [-0.2, 0) is 0 Å². The Labute approximate surface area is 298 Å². The van der Waals surface area contributed by atoms with Gasteiger partial charge in [-0.05, 0) is 70.8 Å². The second kappa shape index (κ2) is 12.1. The summed E-state index contributed by atoms with van der Waals surface area (Å²) in [5.74, 6) is 0. The van der Waals surface area contributed by atoms with Gasteiger partial charge in [-0.3, -0.25) is 9.97 Å². The minimum Gasteiger partial charge on any atom is -0.255 e. The molecule has 5 heteroatoms. The van der Waals surface area contributed by atoms with Crippen LogP contribution in [0.1, 0.15) is 0 Å². The van der Waals surface area contributed by atoms with Crippen LogP contribution in [0.4, 0.5) is 0 Å². The summed E-state index contributed by atoms with van der Waals surface area (Å²) in [6, 6.07) is 55.3. The summed E-state index contributed by atoms with van der Waals surface area (Å²) in [5.41, 5.74) is 11.0. The number of pyridine rings is 4. The van der Waals surface area contributed by atoms with Crippen molar-refractivity contribution in [3.63, 3.8) is 0 Å². The van der Waals surface area contributed by atoms with E-state index in [2.05, 4.69) is 131 Å². The smallest absolute Gasteiger partial charge is 0.0900 e. The van der Waals surface area contributed by atoms with Gasteiger partial charge in [-0.25, -0.2) is 9.97 Å². The number of hydrogen-bond acceptors (Lipinski definition) is 5. The molecule has 0 spiro atoms. The Morgan fingerprint density at radius 1 is 0.392 bits per heavy atom. The maximum absolute atomic E-state index is 5.17. The molecular weight excluding hydrogens is 641 g/mol. The van der Waals surface area contributed by atoms with E-state index in [4.69, 9.17) is 9.97 Å². The topological polar surface area (TPSA) is 51.6 Å². The molecule has 0 aliphatic rings. The molecule has 238 valence electrons. The molecule has 10 aromatic rings. The molecule has 0 unspecified atom stereocenters. The first-order valence-corrected chi connectivity index (χ1v) is 17.8. The highest BCUT2D eigenvalue weighted by molar-refractivity contribution is 7.27. The van der Waals surface area contributed by atoms with Crippen molar-refractivity contribution in [3.05, 3.63) is 170 Å². The van der Waals surface area contributed by atoms with Crippen molar-refractivity contribution < 1.29 is 0 Å². The Hall–Kier alpha value is -6.56. The molecule has 5 aromatic heterocycles. The summed E-state index contributed by atoms with van der Waals surface area (Å²) >= 11 is 1.87. The number of fused-ring (bicyclic) bond motifs is 7. The zero-order valence-corrected chi connectivity index (χ0v) is 28.2. The number of rotatable bonds is 5. The number of thiophene rings is 1. The summed E-state index contributed by atoms with van der Waals surface area (Å²) in [5, 5.41) is 6.18. The van der Waals surface area contributed by atoms with Crippen LogP contribution in [0.5, 0.6) is 0 Å². The van der Waals surface area contributed by atoms with Crippen molar-refractivity contribution in [1.29, 1.82) is 0 Å². The molecule has 0 N–H and O–H groups in total. The Kier molecular flexibility index (Phi) is 6.96. The van der Waals surface area contributed by atoms with Crippen LogP contribution in [0, 0.1) is 0 Å². The quantitative estimate of drug-likeness (QED) is 0.171. The van der Waals surface area contributed by atoms with E-state index in [-0.39, 0.29) is 0 Å². The third kappa shape index (κ3) is 5.06. The highest BCUT2D eigenvalue weighted by atomic mass is 32.1. The fourth-order valence-electron chi connectivity index (χ4n) is 7.20. The predicted molar refractivity (Wildman–Crippen MR) is 213 cm³/mol. The molecular formula is C46H28N4S. The van der Waals surface area contributed by atoms with Crippen LogP contribution in [0.2, 0.25) is 0 Å². The predicted octanol–water partition coefficient (Wildman–Crippen LogP) is 12.3. The van der Waals surface area contributed by atoms with E-state index in [1.165, 1.54) is 47.5 Å². The minimum absolute atomic E-state index is 0.817. The zero-order valence-electron chi connectivity index (χ0n) is 27.4. The van der Waals surface area contributed by atoms with Gasteiger partial charge in [0, 0.05) is 54.3 Å². The van der Waals surface area contributed by atoms with Gasteiger partial charge in [0.1, 0.15) is 0 Å². The lowest BCUT2D eigenvalue weighted by Gasteiger charge is -2.12. The number of hydrogen-bond donors (Lipinski definition) is 0. The van der Waals surface area contributed by atoms with Crippen molar-refractivity contribution in [2.75, 3.05) is 0 Å². The van der Waals surface area contributed by atoms with Gasteiger partial charge in [0.05, 0.1) is 34.0 Å². The molecule has 51 heavy (non-hydrogen) atoms. The molecule has 10 rings (SSSR count). The average molecular weight is 669 g/mol. The van der Waals surface area contributed by atoms with Crippen molar-refractivity contribution >= 4 is 53.2 Å². The summed E-state index contributed by atoms with van der Waals surface area (Å²) in [4.78, 5) is 19.3. The lowest BCUT2D eigenvalue weighted by molar-refractivity contribution is 1.22. The van der Waals surface area contributed by atoms with E-state index in [0.717, 1.165) is 50.7 Å². The molecule has 0 aliphatic carbocycles. The average Bonchev–Trinajstić information content (AvgIpc) is 3.61. The lowest BCUT2D eigenvalue weighted by atomic mass is 9.94. The second-order valence-corrected chi connectivity index (χ2v) is 13.7. The highest BCUT2D eigenvalue weighted by Gasteiger charge is 2.18. The molecule has 0 bridgehead atoms. The highest BCUT2D eigenvalue weighted by Crippen LogP contribution is 2.46. The number of aromatic nitrogens is 4. The molecule has 0 atom stereocenters. The van der Waals surface area contributed by atoms with Gasteiger partial charge in [-0.15, -0.1) is 11.3 Å². The van der Waals surface area contributed by atoms with Gasteiger partial charge in [0.15, 0.2) is 0 Å². The fourth-order valence-corrected chi connectivity index (χ4v) is 8.50. The first-order chi connectivity index (χ1) is 25.3. The van der Waals surface area contributed by atoms with Gasteiger partial charge in [0.25, 0.3) is 0 Å². The maximum Gasteiger partial charge on any atom is 0.0900 e. The van der Waals surface area contributed by atoms with Crippen LogP contribution in [0.25, 0.3) is 98.1 Å². The van der Waals surface area contributed by atoms with Crippen LogP contribution >= 0.6 is 11.3 Å². The Bertz CT molecular complexity index is 2830. The zero-order chi connectivity index (χ0) is 33.7. The van der Waals surface area contributed by atoms with Crippen molar-refractivity contribution in [3.8, 4) is 56.3 Å². The van der Waals surface area contributed by atoms with Crippen LogP contribution in [-0.4, -0.2) is 19.9 Å².